The molecule has 1 saturated heterocycles. The topological polar surface area (TPSA) is 120 Å². The van der Waals surface area contributed by atoms with Crippen molar-refractivity contribution >= 4 is 25.7 Å². The molecule has 27 heavy (non-hydrogen) atoms. The summed E-state index contributed by atoms with van der Waals surface area (Å²) in [4.78, 5) is 3.69. The molecule has 148 valence electrons. The van der Waals surface area contributed by atoms with Gasteiger partial charge in [-0.1, -0.05) is 0 Å². The van der Waals surface area contributed by atoms with E-state index in [0.29, 0.717) is 13.2 Å². The van der Waals surface area contributed by atoms with E-state index >= 15 is 0 Å². The van der Waals surface area contributed by atoms with Gasteiger partial charge in [0.1, 0.15) is 10.6 Å². The molecule has 0 aliphatic carbocycles. The Morgan fingerprint density at radius 2 is 1.89 bits per heavy atom. The quantitative estimate of drug-likeness (QED) is 0.717. The number of rotatable bonds is 6. The Morgan fingerprint density at radius 3 is 2.48 bits per heavy atom. The lowest BCUT2D eigenvalue weighted by molar-refractivity contribution is 0.0729. The van der Waals surface area contributed by atoms with Gasteiger partial charge in [0.25, 0.3) is 10.0 Å². The van der Waals surface area contributed by atoms with E-state index in [9.17, 15) is 16.8 Å². The van der Waals surface area contributed by atoms with Crippen LogP contribution >= 0.6 is 0 Å². The number of hydrogen-bond donors (Lipinski definition) is 1. The molecule has 0 spiro atoms. The monoisotopic (exact) mass is 416 g/mol. The molecule has 12 heteroatoms. The number of nitrogens with one attached hydrogen (secondary N) is 1. The second-order valence-electron chi connectivity index (χ2n) is 5.86. The molecule has 1 N–H and O–H groups in total. The van der Waals surface area contributed by atoms with Gasteiger partial charge >= 0.3 is 0 Å². The maximum Gasteiger partial charge on any atom is 0.280 e. The van der Waals surface area contributed by atoms with Gasteiger partial charge in [0.2, 0.25) is 10.0 Å². The maximum atomic E-state index is 13.0. The van der Waals surface area contributed by atoms with Gasteiger partial charge in [0, 0.05) is 26.3 Å². The fraction of sp³-hybridized carbons (Fsp3) is 0.400. The van der Waals surface area contributed by atoms with Crippen molar-refractivity contribution in [2.24, 2.45) is 7.05 Å². The minimum Gasteiger partial charge on any atom is -0.495 e. The predicted octanol–water partition coefficient (Wildman–Crippen LogP) is 0.250. The maximum absolute atomic E-state index is 13.0. The van der Waals surface area contributed by atoms with Crippen molar-refractivity contribution in [2.75, 3.05) is 38.1 Å². The summed E-state index contributed by atoms with van der Waals surface area (Å²) in [6.45, 7) is 1.03. The van der Waals surface area contributed by atoms with E-state index in [-0.39, 0.29) is 34.4 Å². The van der Waals surface area contributed by atoms with Gasteiger partial charge in [-0.2, -0.15) is 12.7 Å². The van der Waals surface area contributed by atoms with Crippen LogP contribution in [0.5, 0.6) is 5.75 Å². The molecule has 2 aromatic rings. The van der Waals surface area contributed by atoms with Gasteiger partial charge < -0.3 is 14.0 Å². The van der Waals surface area contributed by atoms with E-state index in [0.717, 1.165) is 0 Å². The number of ether oxygens (including phenoxy) is 2. The van der Waals surface area contributed by atoms with Gasteiger partial charge in [-0.05, 0) is 18.2 Å². The van der Waals surface area contributed by atoms with Crippen LogP contribution in [-0.4, -0.2) is 64.1 Å². The number of anilines is 1. The van der Waals surface area contributed by atoms with Crippen LogP contribution in [0.4, 0.5) is 5.69 Å². The van der Waals surface area contributed by atoms with Crippen molar-refractivity contribution in [2.45, 2.75) is 9.92 Å². The summed E-state index contributed by atoms with van der Waals surface area (Å²) in [6, 6.07) is 4.07. The smallest absolute Gasteiger partial charge is 0.280 e. The van der Waals surface area contributed by atoms with Crippen molar-refractivity contribution in [3.05, 3.63) is 30.7 Å². The second kappa shape index (κ2) is 7.46. The number of aromatic nitrogens is 2. The number of methoxy groups -OCH3 is 1. The normalized spacial score (nSPS) is 16.2. The van der Waals surface area contributed by atoms with Gasteiger partial charge in [-0.15, -0.1) is 0 Å². The molecular weight excluding hydrogens is 396 g/mol. The zero-order valence-corrected chi connectivity index (χ0v) is 16.5. The highest BCUT2D eigenvalue weighted by molar-refractivity contribution is 7.92. The Morgan fingerprint density at radius 1 is 1.19 bits per heavy atom. The lowest BCUT2D eigenvalue weighted by atomic mass is 10.3. The van der Waals surface area contributed by atoms with Crippen molar-refractivity contribution in [3.63, 3.8) is 0 Å². The first-order valence-electron chi connectivity index (χ1n) is 8.01. The van der Waals surface area contributed by atoms with Crippen LogP contribution in [0.15, 0.2) is 40.6 Å². The Labute approximate surface area is 157 Å². The van der Waals surface area contributed by atoms with E-state index in [1.165, 1.54) is 46.7 Å². The molecular formula is C15H20N4O6S2. The summed E-state index contributed by atoms with van der Waals surface area (Å²) in [5.74, 6) is 0.127. The number of imidazole rings is 1. The molecule has 2 heterocycles. The lowest BCUT2D eigenvalue weighted by Gasteiger charge is -2.26. The average Bonchev–Trinajstić information content (AvgIpc) is 3.09. The van der Waals surface area contributed by atoms with Gasteiger partial charge in [-0.3, -0.25) is 4.72 Å². The van der Waals surface area contributed by atoms with Gasteiger partial charge in [-0.25, -0.2) is 13.4 Å². The van der Waals surface area contributed by atoms with E-state index in [1.807, 2.05) is 0 Å². The second-order valence-corrected chi connectivity index (χ2v) is 9.40. The Bertz CT molecular complexity index is 1030. The molecule has 1 aromatic heterocycles. The fourth-order valence-electron chi connectivity index (χ4n) is 2.60. The molecule has 1 aromatic carbocycles. The number of benzene rings is 1. The highest BCUT2D eigenvalue weighted by atomic mass is 32.2. The van der Waals surface area contributed by atoms with E-state index < -0.39 is 20.0 Å². The average molecular weight is 416 g/mol. The molecule has 1 fully saturated rings. The zero-order chi connectivity index (χ0) is 19.7. The lowest BCUT2D eigenvalue weighted by Crippen LogP contribution is -2.40. The zero-order valence-electron chi connectivity index (χ0n) is 14.8. The number of aryl methyl sites for hydroxylation is 1. The van der Waals surface area contributed by atoms with Crippen LogP contribution in [0, 0.1) is 0 Å². The van der Waals surface area contributed by atoms with Crippen LogP contribution < -0.4 is 9.46 Å². The SMILES string of the molecule is COc1ccc(NS(=O)(=O)c2cn(C)cn2)cc1S(=O)(=O)N1CCOCC1. The highest BCUT2D eigenvalue weighted by Gasteiger charge is 2.30. The van der Waals surface area contributed by atoms with Crippen LogP contribution in [0.1, 0.15) is 0 Å². The Balaban J connectivity index is 1.96. The summed E-state index contributed by atoms with van der Waals surface area (Å²) < 4.78 is 66.3. The molecule has 10 nitrogen and oxygen atoms in total. The third-order valence-corrected chi connectivity index (χ3v) is 7.15. The minimum absolute atomic E-state index is 0.0910. The fourth-order valence-corrected chi connectivity index (χ4v) is 5.23. The summed E-state index contributed by atoms with van der Waals surface area (Å²) in [5.41, 5.74) is 0.0910. The molecule has 0 amide bonds. The van der Waals surface area contributed by atoms with Crippen molar-refractivity contribution in [3.8, 4) is 5.75 Å². The first-order valence-corrected chi connectivity index (χ1v) is 10.9. The van der Waals surface area contributed by atoms with E-state index in [2.05, 4.69) is 9.71 Å². The van der Waals surface area contributed by atoms with Crippen LogP contribution in [-0.2, 0) is 31.8 Å². The van der Waals surface area contributed by atoms with Crippen molar-refractivity contribution in [1.82, 2.24) is 13.9 Å². The van der Waals surface area contributed by atoms with Crippen LogP contribution in [0.3, 0.4) is 0 Å². The highest BCUT2D eigenvalue weighted by Crippen LogP contribution is 2.30. The number of morpholine rings is 1. The summed E-state index contributed by atoms with van der Waals surface area (Å²) in [6.07, 6.45) is 2.70. The first-order chi connectivity index (χ1) is 12.7. The molecule has 0 atom stereocenters. The predicted molar refractivity (Wildman–Crippen MR) is 96.6 cm³/mol. The Hall–Kier alpha value is -2.15. The minimum atomic E-state index is -3.95. The summed E-state index contributed by atoms with van der Waals surface area (Å²) >= 11 is 0. The largest absolute Gasteiger partial charge is 0.495 e. The molecule has 0 unspecified atom stereocenters. The summed E-state index contributed by atoms with van der Waals surface area (Å²) in [7, 11) is -4.82. The summed E-state index contributed by atoms with van der Waals surface area (Å²) in [5, 5.41) is -0.168. The van der Waals surface area contributed by atoms with Gasteiger partial charge in [0.05, 0.1) is 32.3 Å². The first kappa shape index (κ1) is 19.6. The van der Waals surface area contributed by atoms with E-state index in [4.69, 9.17) is 9.47 Å². The van der Waals surface area contributed by atoms with Crippen LogP contribution in [0.2, 0.25) is 0 Å². The third-order valence-electron chi connectivity index (χ3n) is 3.96. The molecule has 0 bridgehead atoms. The standard InChI is InChI=1S/C15H20N4O6S2/c1-18-10-15(16-11-18)26(20,21)17-12-3-4-13(24-2)14(9-12)27(22,23)19-5-7-25-8-6-19/h3-4,9-11,17H,5-8H2,1-2H3. The Kier molecular flexibility index (Phi) is 5.42. The van der Waals surface area contributed by atoms with Crippen molar-refractivity contribution < 1.29 is 26.3 Å². The van der Waals surface area contributed by atoms with Gasteiger partial charge in [0.15, 0.2) is 5.03 Å². The molecule has 1 aliphatic rings. The molecule has 0 radical (unpaired) electrons. The third kappa shape index (κ3) is 4.08. The van der Waals surface area contributed by atoms with Crippen molar-refractivity contribution in [1.29, 1.82) is 0 Å². The number of nitrogens with zero attached hydrogens (tertiary/aromatic N) is 3. The van der Waals surface area contributed by atoms with Crippen LogP contribution in [0.25, 0.3) is 0 Å². The molecule has 3 rings (SSSR count). The number of hydrogen-bond acceptors (Lipinski definition) is 7. The molecule has 1 aliphatic heterocycles. The number of sulfonamides is 2. The molecule has 0 saturated carbocycles. The van der Waals surface area contributed by atoms with E-state index in [1.54, 1.807) is 7.05 Å².